The lowest BCUT2D eigenvalue weighted by Gasteiger charge is -2.17. The van der Waals surface area contributed by atoms with Gasteiger partial charge in [-0.25, -0.2) is 13.8 Å². The first kappa shape index (κ1) is 33.0. The van der Waals surface area contributed by atoms with Gasteiger partial charge in [0, 0.05) is 40.5 Å². The molecule has 4 N–H and O–H groups in total. The van der Waals surface area contributed by atoms with Gasteiger partial charge in [0.25, 0.3) is 5.91 Å². The number of amides is 1. The molecule has 0 unspecified atom stereocenters. The molecule has 2 heterocycles. The summed E-state index contributed by atoms with van der Waals surface area (Å²) in [6.45, 7) is 3.74. The van der Waals surface area contributed by atoms with Gasteiger partial charge in [-0.1, -0.05) is 30.3 Å². The van der Waals surface area contributed by atoms with Crippen LogP contribution in [0.3, 0.4) is 0 Å². The number of oxazole rings is 1. The number of aliphatic hydroxyl groups is 2. The molecule has 5 rings (SSSR count). The zero-order valence-electron chi connectivity index (χ0n) is 25.6. The van der Waals surface area contributed by atoms with E-state index in [1.54, 1.807) is 59.2 Å². The number of carboxylic acid groups (broad SMARTS) is 1. The zero-order chi connectivity index (χ0) is 33.7. The second kappa shape index (κ2) is 14.4. The number of carbonyl (C=O) groups is 2. The molecule has 5 aromatic rings. The average Bonchev–Trinajstić information content (AvgIpc) is 3.68. The third-order valence-electron chi connectivity index (χ3n) is 7.46. The Morgan fingerprint density at radius 2 is 1.47 bits per heavy atom. The van der Waals surface area contributed by atoms with E-state index in [-0.39, 0.29) is 18.2 Å². The van der Waals surface area contributed by atoms with Crippen molar-refractivity contribution in [3.05, 3.63) is 114 Å². The molecule has 9 nitrogen and oxygen atoms in total. The summed E-state index contributed by atoms with van der Waals surface area (Å²) in [6, 6.07) is 18.0. The summed E-state index contributed by atoms with van der Waals surface area (Å²) < 4.78 is 35.3. The van der Waals surface area contributed by atoms with Crippen LogP contribution in [0.5, 0.6) is 0 Å². The van der Waals surface area contributed by atoms with Gasteiger partial charge >= 0.3 is 5.97 Å². The van der Waals surface area contributed by atoms with Gasteiger partial charge in [0.15, 0.2) is 0 Å². The maximum atomic E-state index is 14.3. The van der Waals surface area contributed by atoms with Crippen LogP contribution in [-0.4, -0.2) is 49.0 Å². The van der Waals surface area contributed by atoms with Crippen molar-refractivity contribution in [3.8, 4) is 33.7 Å². The van der Waals surface area contributed by atoms with Crippen LogP contribution in [0.1, 0.15) is 48.9 Å². The summed E-state index contributed by atoms with van der Waals surface area (Å²) in [5.74, 6) is -2.20. The lowest BCUT2D eigenvalue weighted by Crippen LogP contribution is -2.20. The van der Waals surface area contributed by atoms with Crippen molar-refractivity contribution in [2.75, 3.05) is 5.32 Å². The predicted molar refractivity (Wildman–Crippen MR) is 173 cm³/mol. The molecular weight excluding hydrogens is 608 g/mol. The molecule has 0 saturated heterocycles. The molecule has 0 aliphatic rings. The highest BCUT2D eigenvalue weighted by Gasteiger charge is 2.30. The molecule has 47 heavy (non-hydrogen) atoms. The fourth-order valence-electron chi connectivity index (χ4n) is 5.43. The Morgan fingerprint density at radius 1 is 0.894 bits per heavy atom. The molecule has 1 amide bonds. The third kappa shape index (κ3) is 7.71. The summed E-state index contributed by atoms with van der Waals surface area (Å²) in [5, 5.41) is 32.7. The van der Waals surface area contributed by atoms with Gasteiger partial charge in [-0.05, 0) is 79.6 Å². The Bertz CT molecular complexity index is 1860. The van der Waals surface area contributed by atoms with Crippen molar-refractivity contribution in [1.29, 1.82) is 0 Å². The van der Waals surface area contributed by atoms with Crippen LogP contribution in [0, 0.1) is 11.6 Å². The topological polar surface area (TPSA) is 138 Å². The number of carbonyl (C=O) groups excluding carboxylic acids is 1. The first-order chi connectivity index (χ1) is 22.5. The van der Waals surface area contributed by atoms with E-state index in [4.69, 9.17) is 9.52 Å². The second-order valence-corrected chi connectivity index (χ2v) is 11.2. The summed E-state index contributed by atoms with van der Waals surface area (Å²) >= 11 is 0. The van der Waals surface area contributed by atoms with Crippen molar-refractivity contribution < 1.29 is 38.1 Å². The third-order valence-corrected chi connectivity index (χ3v) is 7.46. The number of nitrogens with zero attached hydrogens (tertiary/aromatic N) is 2. The van der Waals surface area contributed by atoms with E-state index in [1.807, 2.05) is 13.8 Å². The van der Waals surface area contributed by atoms with Gasteiger partial charge < -0.3 is 29.6 Å². The quantitative estimate of drug-likeness (QED) is 0.113. The Kier molecular flexibility index (Phi) is 10.1. The molecule has 0 saturated carbocycles. The molecule has 0 fully saturated rings. The SMILES string of the molecule is CC(C)n1c(C=C[C@@H](O)C[C@@H](O)CC(=O)O)c(-c2ccc(F)cc2)c(-c2ccc(F)cc2)c1C(=O)Nc1ccc(-c2ncco2)cc1. The Hall–Kier alpha value is -5.39. The van der Waals surface area contributed by atoms with Gasteiger partial charge in [0.1, 0.15) is 23.6 Å². The number of nitrogens with one attached hydrogen (secondary N) is 1. The van der Waals surface area contributed by atoms with Crippen molar-refractivity contribution in [2.24, 2.45) is 0 Å². The zero-order valence-corrected chi connectivity index (χ0v) is 25.6. The molecule has 0 aliphatic carbocycles. The fourth-order valence-corrected chi connectivity index (χ4v) is 5.43. The first-order valence-electron chi connectivity index (χ1n) is 14.9. The fraction of sp³-hybridized carbons (Fsp3) is 0.194. The van der Waals surface area contributed by atoms with Crippen molar-refractivity contribution in [1.82, 2.24) is 9.55 Å². The number of halogens is 2. The maximum absolute atomic E-state index is 14.3. The number of benzene rings is 3. The summed E-state index contributed by atoms with van der Waals surface area (Å²) in [6.07, 6.45) is 2.70. The number of carboxylic acids is 1. The Labute approximate surface area is 269 Å². The molecular formula is C36H33F2N3O6. The number of anilines is 1. The number of aliphatic carboxylic acids is 1. The van der Waals surface area contributed by atoms with Crippen LogP contribution in [0.25, 0.3) is 39.8 Å². The average molecular weight is 642 g/mol. The molecule has 242 valence electrons. The number of aliphatic hydroxyl groups excluding tert-OH is 2. The van der Waals surface area contributed by atoms with Crippen LogP contribution in [0.15, 0.2) is 95.7 Å². The molecule has 3 aromatic carbocycles. The van der Waals surface area contributed by atoms with Crippen molar-refractivity contribution in [3.63, 3.8) is 0 Å². The van der Waals surface area contributed by atoms with Crippen LogP contribution in [0.2, 0.25) is 0 Å². The van der Waals surface area contributed by atoms with Crippen molar-refractivity contribution in [2.45, 2.75) is 44.9 Å². The van der Waals surface area contributed by atoms with E-state index in [9.17, 15) is 28.6 Å². The van der Waals surface area contributed by atoms with Gasteiger partial charge in [-0.2, -0.15) is 0 Å². The largest absolute Gasteiger partial charge is 0.481 e. The molecule has 0 bridgehead atoms. The van der Waals surface area contributed by atoms with Gasteiger partial charge in [0.2, 0.25) is 5.89 Å². The van der Waals surface area contributed by atoms with E-state index >= 15 is 0 Å². The normalized spacial score (nSPS) is 12.8. The molecule has 2 atom stereocenters. The van der Waals surface area contributed by atoms with E-state index in [0.29, 0.717) is 45.1 Å². The van der Waals surface area contributed by atoms with E-state index in [2.05, 4.69) is 10.3 Å². The minimum absolute atomic E-state index is 0.225. The Balaban J connectivity index is 1.67. The van der Waals surface area contributed by atoms with E-state index < -0.39 is 42.1 Å². The van der Waals surface area contributed by atoms with E-state index in [1.165, 1.54) is 42.8 Å². The maximum Gasteiger partial charge on any atom is 0.305 e. The molecule has 2 aromatic heterocycles. The number of rotatable bonds is 12. The number of hydrogen-bond acceptors (Lipinski definition) is 6. The lowest BCUT2D eigenvalue weighted by atomic mass is 9.94. The molecule has 0 aliphatic heterocycles. The summed E-state index contributed by atoms with van der Waals surface area (Å²) in [4.78, 5) is 29.5. The highest BCUT2D eigenvalue weighted by molar-refractivity contribution is 6.12. The van der Waals surface area contributed by atoms with Crippen molar-refractivity contribution >= 4 is 23.6 Å². The van der Waals surface area contributed by atoms with E-state index in [0.717, 1.165) is 0 Å². The van der Waals surface area contributed by atoms with Crippen LogP contribution >= 0.6 is 0 Å². The predicted octanol–water partition coefficient (Wildman–Crippen LogP) is 7.19. The minimum Gasteiger partial charge on any atom is -0.481 e. The first-order valence-corrected chi connectivity index (χ1v) is 14.9. The second-order valence-electron chi connectivity index (χ2n) is 11.2. The molecule has 0 radical (unpaired) electrons. The van der Waals surface area contributed by atoms with Gasteiger partial charge in [-0.3, -0.25) is 9.59 Å². The molecule has 0 spiro atoms. The highest BCUT2D eigenvalue weighted by Crippen LogP contribution is 2.43. The van der Waals surface area contributed by atoms with Crippen LogP contribution < -0.4 is 5.32 Å². The van der Waals surface area contributed by atoms with Crippen LogP contribution in [-0.2, 0) is 4.79 Å². The standard InChI is InChI=1S/C36H33F2N3O6/c1-21(2)41-30(16-15-28(42)19-29(43)20-31(44)45)32(22-3-9-25(37)10-4-22)33(23-5-11-26(38)12-6-23)34(41)35(46)40-27-13-7-24(8-14-27)36-39-17-18-47-36/h3-18,21,28-29,42-43H,19-20H2,1-2H3,(H,40,46)(H,44,45)/t28-,29-/m1/s1. The Morgan fingerprint density at radius 3 is 2.00 bits per heavy atom. The lowest BCUT2D eigenvalue weighted by molar-refractivity contribution is -0.139. The van der Waals surface area contributed by atoms with Crippen LogP contribution in [0.4, 0.5) is 14.5 Å². The number of hydrogen-bond donors (Lipinski definition) is 4. The smallest absolute Gasteiger partial charge is 0.305 e. The summed E-state index contributed by atoms with van der Waals surface area (Å²) in [7, 11) is 0. The monoisotopic (exact) mass is 641 g/mol. The molecule has 11 heteroatoms. The highest BCUT2D eigenvalue weighted by atomic mass is 19.1. The summed E-state index contributed by atoms with van der Waals surface area (Å²) in [5.41, 5.74) is 3.92. The number of aromatic nitrogens is 2. The van der Waals surface area contributed by atoms with Gasteiger partial charge in [0.05, 0.1) is 24.8 Å². The van der Waals surface area contributed by atoms with Gasteiger partial charge in [-0.15, -0.1) is 0 Å². The minimum atomic E-state index is -1.29.